The van der Waals surface area contributed by atoms with Gasteiger partial charge in [-0.3, -0.25) is 9.59 Å². The lowest BCUT2D eigenvalue weighted by Gasteiger charge is -2.07. The molecule has 0 radical (unpaired) electrons. The quantitative estimate of drug-likeness (QED) is 0.0500. The third kappa shape index (κ3) is 14.8. The van der Waals surface area contributed by atoms with Crippen molar-refractivity contribution in [3.8, 4) is 23.0 Å². The van der Waals surface area contributed by atoms with Gasteiger partial charge in [-0.15, -0.1) is 0 Å². The van der Waals surface area contributed by atoms with Gasteiger partial charge in [0.15, 0.2) is 24.8 Å². The first kappa shape index (κ1) is 41.8. The Labute approximate surface area is 327 Å². The molecule has 0 aliphatic rings. The Morgan fingerprint density at radius 2 is 0.981 bits per heavy atom. The molecule has 0 aliphatic carbocycles. The van der Waals surface area contributed by atoms with Gasteiger partial charge in [0.25, 0.3) is 0 Å². The van der Waals surface area contributed by atoms with Crippen LogP contribution in [0.5, 0.6) is 23.0 Å². The summed E-state index contributed by atoms with van der Waals surface area (Å²) < 4.78 is 25.7. The molecule has 286 valence electrons. The smallest absolute Gasteiger partial charge is 0.220 e. The first-order valence-corrected chi connectivity index (χ1v) is 20.5. The van der Waals surface area contributed by atoms with E-state index < -0.39 is 0 Å². The van der Waals surface area contributed by atoms with E-state index in [4.69, 9.17) is 18.9 Å². The predicted molar refractivity (Wildman–Crippen MR) is 220 cm³/mol. The lowest BCUT2D eigenvalue weighted by molar-refractivity contribution is -0.697. The normalized spacial score (nSPS) is 11.1. The Kier molecular flexibility index (Phi) is 18.3. The SMILES string of the molecule is COc1ccc(OC)c(/C=C/c2cc[n+](CCCC(=O)NCCSSCCNC(=O)CCC[n+]3ccc(/C=C/c4cc(OC)ccc4OC)cc3)cc2)c1. The Morgan fingerprint density at radius 3 is 1.35 bits per heavy atom. The molecule has 0 spiro atoms. The van der Waals surface area contributed by atoms with E-state index in [2.05, 4.69) is 19.8 Å². The number of amides is 2. The number of carbonyl (C=O) groups is 2. The van der Waals surface area contributed by atoms with E-state index in [9.17, 15) is 9.59 Å². The van der Waals surface area contributed by atoms with E-state index in [0.29, 0.717) is 25.9 Å². The molecule has 2 aromatic heterocycles. The molecule has 0 bridgehead atoms. The van der Waals surface area contributed by atoms with Gasteiger partial charge < -0.3 is 29.6 Å². The number of pyridine rings is 2. The number of rotatable bonds is 23. The Hall–Kier alpha value is -4.94. The zero-order chi connectivity index (χ0) is 38.4. The fourth-order valence-corrected chi connectivity index (χ4v) is 7.19. The van der Waals surface area contributed by atoms with Gasteiger partial charge in [0.2, 0.25) is 11.8 Å². The summed E-state index contributed by atoms with van der Waals surface area (Å²) in [5.74, 6) is 4.89. The molecule has 0 unspecified atom stereocenters. The molecule has 0 fully saturated rings. The number of benzene rings is 2. The number of aryl methyl sites for hydroxylation is 2. The van der Waals surface area contributed by atoms with Crippen LogP contribution in [0.2, 0.25) is 0 Å². The molecule has 54 heavy (non-hydrogen) atoms. The van der Waals surface area contributed by atoms with Crippen molar-refractivity contribution in [3.63, 3.8) is 0 Å². The van der Waals surface area contributed by atoms with Crippen molar-refractivity contribution < 1.29 is 37.7 Å². The van der Waals surface area contributed by atoms with Crippen LogP contribution in [0.3, 0.4) is 0 Å². The van der Waals surface area contributed by atoms with Crippen LogP contribution >= 0.6 is 21.6 Å². The molecule has 10 nitrogen and oxygen atoms in total. The van der Waals surface area contributed by atoms with Crippen LogP contribution in [0, 0.1) is 0 Å². The number of methoxy groups -OCH3 is 4. The van der Waals surface area contributed by atoms with Crippen molar-refractivity contribution >= 4 is 57.7 Å². The third-order valence-corrected chi connectivity index (χ3v) is 10.8. The second kappa shape index (κ2) is 23.7. The van der Waals surface area contributed by atoms with Crippen LogP contribution in [0.1, 0.15) is 47.9 Å². The van der Waals surface area contributed by atoms with Gasteiger partial charge in [0, 0.05) is 85.7 Å². The molecule has 2 amide bonds. The highest BCUT2D eigenvalue weighted by Crippen LogP contribution is 2.27. The summed E-state index contributed by atoms with van der Waals surface area (Å²) in [5, 5.41) is 6.01. The summed E-state index contributed by atoms with van der Waals surface area (Å²) in [7, 11) is 10.0. The molecule has 2 aromatic carbocycles. The summed E-state index contributed by atoms with van der Waals surface area (Å²) in [6.07, 6.45) is 18.7. The van der Waals surface area contributed by atoms with Gasteiger partial charge in [-0.05, 0) is 47.5 Å². The van der Waals surface area contributed by atoms with Crippen molar-refractivity contribution in [2.24, 2.45) is 0 Å². The molecule has 0 saturated carbocycles. The van der Waals surface area contributed by atoms with Crippen LogP contribution in [-0.4, -0.2) is 64.8 Å². The highest BCUT2D eigenvalue weighted by Gasteiger charge is 2.08. The first-order valence-electron chi connectivity index (χ1n) is 18.0. The summed E-state index contributed by atoms with van der Waals surface area (Å²) in [5.41, 5.74) is 4.02. The molecule has 12 heteroatoms. The minimum Gasteiger partial charge on any atom is -0.497 e. The summed E-state index contributed by atoms with van der Waals surface area (Å²) in [6, 6.07) is 19.6. The largest absolute Gasteiger partial charge is 0.497 e. The number of carbonyl (C=O) groups excluding carboxylic acids is 2. The first-order chi connectivity index (χ1) is 26.4. The number of hydrogen-bond donors (Lipinski definition) is 2. The molecule has 0 atom stereocenters. The number of nitrogens with zero attached hydrogens (tertiary/aromatic N) is 2. The maximum Gasteiger partial charge on any atom is 0.220 e. The lowest BCUT2D eigenvalue weighted by Crippen LogP contribution is -2.34. The van der Waals surface area contributed by atoms with Crippen LogP contribution in [0.25, 0.3) is 24.3 Å². The van der Waals surface area contributed by atoms with E-state index >= 15 is 0 Å². The Bertz CT molecular complexity index is 1680. The van der Waals surface area contributed by atoms with Gasteiger partial charge in [-0.25, -0.2) is 9.13 Å². The topological polar surface area (TPSA) is 103 Å². The molecule has 4 aromatic rings. The predicted octanol–water partition coefficient (Wildman–Crippen LogP) is 6.51. The zero-order valence-corrected chi connectivity index (χ0v) is 33.3. The molecule has 4 rings (SSSR count). The third-order valence-electron chi connectivity index (χ3n) is 8.36. The number of aromatic nitrogens is 2. The minimum atomic E-state index is 0.0664. The van der Waals surface area contributed by atoms with Gasteiger partial charge >= 0.3 is 0 Å². The second-order valence-electron chi connectivity index (χ2n) is 12.2. The van der Waals surface area contributed by atoms with Crippen LogP contribution in [0.15, 0.2) is 85.5 Å². The van der Waals surface area contributed by atoms with Gasteiger partial charge in [0.1, 0.15) is 36.1 Å². The van der Waals surface area contributed by atoms with Crippen LogP contribution in [0.4, 0.5) is 0 Å². The van der Waals surface area contributed by atoms with E-state index in [1.54, 1.807) is 50.0 Å². The van der Waals surface area contributed by atoms with Crippen molar-refractivity contribution in [3.05, 3.63) is 108 Å². The number of nitrogens with one attached hydrogen (secondary N) is 2. The highest BCUT2D eigenvalue weighted by molar-refractivity contribution is 8.76. The van der Waals surface area contributed by atoms with Gasteiger partial charge in [-0.2, -0.15) is 0 Å². The molecule has 0 saturated heterocycles. The zero-order valence-electron chi connectivity index (χ0n) is 31.6. The average Bonchev–Trinajstić information content (AvgIpc) is 3.20. The van der Waals surface area contributed by atoms with Gasteiger partial charge in [0.05, 0.1) is 28.4 Å². The lowest BCUT2D eigenvalue weighted by atomic mass is 10.1. The fraction of sp³-hybridized carbons (Fsp3) is 0.333. The highest BCUT2D eigenvalue weighted by atomic mass is 33.1. The average molecular weight is 773 g/mol. The van der Waals surface area contributed by atoms with E-state index in [1.165, 1.54) is 0 Å². The molecular formula is C42H52N4O6S2+2. The van der Waals surface area contributed by atoms with Crippen molar-refractivity contribution in [1.29, 1.82) is 0 Å². The maximum atomic E-state index is 12.3. The summed E-state index contributed by atoms with van der Waals surface area (Å²) in [6.45, 7) is 2.79. The minimum absolute atomic E-state index is 0.0664. The number of ether oxygens (including phenoxy) is 4. The standard InChI is InChI=1S/C42H50N4O6S2/c1-49-37-13-15-39(51-3)35(31-37)11-9-33-17-25-45(26-18-33)23-5-7-41(47)43-21-29-53-54-30-22-44-42(48)8-6-24-46-27-19-34(20-28-46)10-12-36-32-38(50-2)14-16-40(36)52-4/h9-20,25-28,31-32H,5-8,21-24,29-30H2,1-4H3/p+2/b11-9+,12-10+. The number of hydrogen-bond acceptors (Lipinski definition) is 8. The monoisotopic (exact) mass is 772 g/mol. The van der Waals surface area contributed by atoms with Crippen molar-refractivity contribution in [1.82, 2.24) is 10.6 Å². The second-order valence-corrected chi connectivity index (χ2v) is 14.9. The van der Waals surface area contributed by atoms with Crippen LogP contribution in [-0.2, 0) is 22.7 Å². The van der Waals surface area contributed by atoms with E-state index in [0.717, 1.165) is 82.7 Å². The van der Waals surface area contributed by atoms with Crippen molar-refractivity contribution in [2.75, 3.05) is 53.0 Å². The van der Waals surface area contributed by atoms with Gasteiger partial charge in [-0.1, -0.05) is 45.9 Å². The van der Waals surface area contributed by atoms with Crippen molar-refractivity contribution in [2.45, 2.75) is 38.8 Å². The molecule has 2 N–H and O–H groups in total. The molecule has 0 aliphatic heterocycles. The van der Waals surface area contributed by atoms with E-state index in [1.807, 2.05) is 110 Å². The fourth-order valence-electron chi connectivity index (χ4n) is 5.37. The summed E-state index contributed by atoms with van der Waals surface area (Å²) >= 11 is 0. The van der Waals surface area contributed by atoms with Crippen LogP contribution < -0.4 is 38.7 Å². The summed E-state index contributed by atoms with van der Waals surface area (Å²) in [4.78, 5) is 24.6. The molecular weight excluding hydrogens is 721 g/mol. The maximum absolute atomic E-state index is 12.3. The Balaban J connectivity index is 0.993. The molecule has 2 heterocycles. The Morgan fingerprint density at radius 1 is 0.574 bits per heavy atom. The van der Waals surface area contributed by atoms with E-state index in [-0.39, 0.29) is 11.8 Å².